The highest BCUT2D eigenvalue weighted by molar-refractivity contribution is 5.79. The van der Waals surface area contributed by atoms with Crippen molar-refractivity contribution in [2.75, 3.05) is 26.2 Å². The van der Waals surface area contributed by atoms with Crippen LogP contribution in [-0.4, -0.2) is 53.8 Å². The lowest BCUT2D eigenvalue weighted by Gasteiger charge is -2.37. The predicted molar refractivity (Wildman–Crippen MR) is 80.1 cm³/mol. The Kier molecular flexibility index (Phi) is 6.99. The first-order chi connectivity index (χ1) is 9.49. The zero-order valence-electron chi connectivity index (χ0n) is 13.1. The Morgan fingerprint density at radius 2 is 1.80 bits per heavy atom. The second kappa shape index (κ2) is 8.25. The molecule has 1 rings (SSSR count). The number of carbonyl (C=O) groups is 2. The fourth-order valence-electron chi connectivity index (χ4n) is 2.81. The summed E-state index contributed by atoms with van der Waals surface area (Å²) in [6, 6.07) is 0.347. The van der Waals surface area contributed by atoms with Crippen LogP contribution >= 0.6 is 0 Å². The summed E-state index contributed by atoms with van der Waals surface area (Å²) in [7, 11) is 0. The SMILES string of the molecule is CCCN(CCC)C(=O)CN1CC(C(N)=O)CCC1C. The number of hydrogen-bond acceptors (Lipinski definition) is 3. The molecule has 0 aromatic heterocycles. The minimum atomic E-state index is -0.242. The molecular formula is C15H29N3O2. The topological polar surface area (TPSA) is 66.6 Å². The second-order valence-electron chi connectivity index (χ2n) is 5.84. The smallest absolute Gasteiger partial charge is 0.236 e. The summed E-state index contributed by atoms with van der Waals surface area (Å²) in [5, 5.41) is 0. The molecule has 5 heteroatoms. The van der Waals surface area contributed by atoms with Crippen molar-refractivity contribution in [3.05, 3.63) is 0 Å². The van der Waals surface area contributed by atoms with Crippen molar-refractivity contribution in [1.82, 2.24) is 9.80 Å². The van der Waals surface area contributed by atoms with Gasteiger partial charge in [0, 0.05) is 25.7 Å². The van der Waals surface area contributed by atoms with Gasteiger partial charge in [-0.05, 0) is 32.6 Å². The Morgan fingerprint density at radius 3 is 2.30 bits per heavy atom. The lowest BCUT2D eigenvalue weighted by Crippen LogP contribution is -2.50. The van der Waals surface area contributed by atoms with E-state index in [0.717, 1.165) is 38.8 Å². The molecule has 0 radical (unpaired) electrons. The van der Waals surface area contributed by atoms with Gasteiger partial charge in [0.15, 0.2) is 0 Å². The molecule has 20 heavy (non-hydrogen) atoms. The molecule has 1 saturated heterocycles. The maximum atomic E-state index is 12.4. The van der Waals surface area contributed by atoms with Gasteiger partial charge in [-0.1, -0.05) is 13.8 Å². The largest absolute Gasteiger partial charge is 0.369 e. The van der Waals surface area contributed by atoms with Crippen LogP contribution in [0.5, 0.6) is 0 Å². The van der Waals surface area contributed by atoms with Crippen LogP contribution in [0.2, 0.25) is 0 Å². The van der Waals surface area contributed by atoms with E-state index >= 15 is 0 Å². The molecule has 1 aliphatic heterocycles. The third-order valence-electron chi connectivity index (χ3n) is 4.09. The number of amides is 2. The van der Waals surface area contributed by atoms with Gasteiger partial charge in [0.2, 0.25) is 11.8 Å². The van der Waals surface area contributed by atoms with Gasteiger partial charge in [0.05, 0.1) is 12.5 Å². The summed E-state index contributed by atoms with van der Waals surface area (Å²) in [6.45, 7) is 8.95. The van der Waals surface area contributed by atoms with Gasteiger partial charge in [0.25, 0.3) is 0 Å². The molecule has 2 atom stereocenters. The summed E-state index contributed by atoms with van der Waals surface area (Å²) in [4.78, 5) is 27.8. The molecule has 1 fully saturated rings. The van der Waals surface area contributed by atoms with E-state index in [1.54, 1.807) is 0 Å². The minimum Gasteiger partial charge on any atom is -0.369 e. The van der Waals surface area contributed by atoms with Crippen LogP contribution in [0.1, 0.15) is 46.5 Å². The Hall–Kier alpha value is -1.10. The van der Waals surface area contributed by atoms with E-state index in [9.17, 15) is 9.59 Å². The zero-order valence-corrected chi connectivity index (χ0v) is 13.1. The normalized spacial score (nSPS) is 23.6. The quantitative estimate of drug-likeness (QED) is 0.764. The summed E-state index contributed by atoms with van der Waals surface area (Å²) in [6.07, 6.45) is 3.73. The molecule has 0 aromatic rings. The molecule has 2 unspecified atom stereocenters. The maximum Gasteiger partial charge on any atom is 0.236 e. The molecule has 1 heterocycles. The molecule has 0 bridgehead atoms. The van der Waals surface area contributed by atoms with Crippen LogP contribution in [0.25, 0.3) is 0 Å². The summed E-state index contributed by atoms with van der Waals surface area (Å²) < 4.78 is 0. The average molecular weight is 283 g/mol. The van der Waals surface area contributed by atoms with Gasteiger partial charge < -0.3 is 10.6 Å². The molecule has 0 spiro atoms. The molecule has 2 N–H and O–H groups in total. The fraction of sp³-hybridized carbons (Fsp3) is 0.867. The Labute approximate surface area is 122 Å². The average Bonchev–Trinajstić information content (AvgIpc) is 2.40. The van der Waals surface area contributed by atoms with Gasteiger partial charge in [-0.3, -0.25) is 14.5 Å². The summed E-state index contributed by atoms with van der Waals surface area (Å²) in [5.74, 6) is -0.177. The first kappa shape index (κ1) is 17.0. The van der Waals surface area contributed by atoms with Gasteiger partial charge in [-0.15, -0.1) is 0 Å². The minimum absolute atomic E-state index is 0.107. The van der Waals surface area contributed by atoms with E-state index in [0.29, 0.717) is 19.1 Å². The van der Waals surface area contributed by atoms with Crippen molar-refractivity contribution >= 4 is 11.8 Å². The number of carbonyl (C=O) groups excluding carboxylic acids is 2. The van der Waals surface area contributed by atoms with Crippen molar-refractivity contribution in [2.24, 2.45) is 11.7 Å². The van der Waals surface area contributed by atoms with E-state index in [2.05, 4.69) is 25.7 Å². The van der Waals surface area contributed by atoms with Gasteiger partial charge in [-0.25, -0.2) is 0 Å². The van der Waals surface area contributed by atoms with Crippen LogP contribution in [0, 0.1) is 5.92 Å². The van der Waals surface area contributed by atoms with E-state index < -0.39 is 0 Å². The lowest BCUT2D eigenvalue weighted by atomic mass is 9.93. The van der Waals surface area contributed by atoms with Crippen molar-refractivity contribution < 1.29 is 9.59 Å². The Morgan fingerprint density at radius 1 is 1.20 bits per heavy atom. The number of hydrogen-bond donors (Lipinski definition) is 1. The monoisotopic (exact) mass is 283 g/mol. The summed E-state index contributed by atoms with van der Waals surface area (Å²) >= 11 is 0. The first-order valence-electron chi connectivity index (χ1n) is 7.80. The van der Waals surface area contributed by atoms with Gasteiger partial charge in [0.1, 0.15) is 0 Å². The van der Waals surface area contributed by atoms with E-state index in [1.165, 1.54) is 0 Å². The van der Waals surface area contributed by atoms with Crippen LogP contribution in [-0.2, 0) is 9.59 Å². The van der Waals surface area contributed by atoms with E-state index in [1.807, 2.05) is 4.90 Å². The highest BCUT2D eigenvalue weighted by Gasteiger charge is 2.30. The highest BCUT2D eigenvalue weighted by atomic mass is 16.2. The Bertz CT molecular complexity index is 327. The molecule has 2 amide bonds. The third-order valence-corrected chi connectivity index (χ3v) is 4.09. The fourth-order valence-corrected chi connectivity index (χ4v) is 2.81. The van der Waals surface area contributed by atoms with Gasteiger partial charge >= 0.3 is 0 Å². The number of primary amides is 1. The van der Waals surface area contributed by atoms with Crippen molar-refractivity contribution in [3.8, 4) is 0 Å². The lowest BCUT2D eigenvalue weighted by molar-refractivity contribution is -0.135. The predicted octanol–water partition coefficient (Wildman–Crippen LogP) is 1.22. The molecule has 0 saturated carbocycles. The van der Waals surface area contributed by atoms with Crippen molar-refractivity contribution in [1.29, 1.82) is 0 Å². The molecule has 0 aliphatic carbocycles. The van der Waals surface area contributed by atoms with Crippen molar-refractivity contribution in [3.63, 3.8) is 0 Å². The van der Waals surface area contributed by atoms with E-state index in [-0.39, 0.29) is 17.7 Å². The van der Waals surface area contributed by atoms with Crippen LogP contribution < -0.4 is 5.73 Å². The third kappa shape index (κ3) is 4.78. The van der Waals surface area contributed by atoms with Crippen LogP contribution in [0.4, 0.5) is 0 Å². The zero-order chi connectivity index (χ0) is 15.1. The number of likely N-dealkylation sites (tertiary alicyclic amines) is 1. The standard InChI is InChI=1S/C15H29N3O2/c1-4-8-17(9-5-2)14(19)11-18-10-13(15(16)20)7-6-12(18)3/h12-13H,4-11H2,1-3H3,(H2,16,20). The van der Waals surface area contributed by atoms with Crippen molar-refractivity contribution in [2.45, 2.75) is 52.5 Å². The Balaban J connectivity index is 2.59. The summed E-state index contributed by atoms with van der Waals surface area (Å²) in [5.41, 5.74) is 5.40. The van der Waals surface area contributed by atoms with Crippen LogP contribution in [0.15, 0.2) is 0 Å². The number of nitrogens with zero attached hydrogens (tertiary/aromatic N) is 2. The molecule has 0 aromatic carbocycles. The molecular weight excluding hydrogens is 254 g/mol. The van der Waals surface area contributed by atoms with Gasteiger partial charge in [-0.2, -0.15) is 0 Å². The number of rotatable bonds is 7. The maximum absolute atomic E-state index is 12.4. The number of piperidine rings is 1. The van der Waals surface area contributed by atoms with E-state index in [4.69, 9.17) is 5.73 Å². The highest BCUT2D eigenvalue weighted by Crippen LogP contribution is 2.21. The molecule has 1 aliphatic rings. The second-order valence-corrected chi connectivity index (χ2v) is 5.84. The molecule has 5 nitrogen and oxygen atoms in total. The van der Waals surface area contributed by atoms with Crippen LogP contribution in [0.3, 0.4) is 0 Å². The number of nitrogens with two attached hydrogens (primary N) is 1. The molecule has 116 valence electrons. The first-order valence-corrected chi connectivity index (χ1v) is 7.80.